The molecule has 15 nitrogen and oxygen atoms in total. The van der Waals surface area contributed by atoms with Crippen LogP contribution in [0.3, 0.4) is 0 Å². The van der Waals surface area contributed by atoms with Crippen molar-refractivity contribution in [3.8, 4) is 0 Å². The third-order valence-electron chi connectivity index (χ3n) is 8.36. The zero-order valence-electron chi connectivity index (χ0n) is 28.1. The number of amides is 7. The van der Waals surface area contributed by atoms with E-state index in [-0.39, 0.29) is 61.0 Å². The first-order valence-corrected chi connectivity index (χ1v) is 16.4. The molecule has 1 fully saturated rings. The summed E-state index contributed by atoms with van der Waals surface area (Å²) < 4.78 is 5.33. The van der Waals surface area contributed by atoms with Gasteiger partial charge >= 0.3 is 0 Å². The predicted octanol–water partition coefficient (Wildman–Crippen LogP) is -0.502. The van der Waals surface area contributed by atoms with Crippen molar-refractivity contribution in [1.82, 2.24) is 31.5 Å². The van der Waals surface area contributed by atoms with Crippen LogP contribution in [0, 0.1) is 17.8 Å². The number of imide groups is 1. The Morgan fingerprint density at radius 2 is 1.37 bits per heavy atom. The summed E-state index contributed by atoms with van der Waals surface area (Å²) in [4.78, 5) is 99.7. The van der Waals surface area contributed by atoms with E-state index in [2.05, 4.69) is 26.6 Å². The molecular formula is C34H46N6O9. The van der Waals surface area contributed by atoms with Gasteiger partial charge in [-0.2, -0.15) is 0 Å². The van der Waals surface area contributed by atoms with Gasteiger partial charge in [-0.15, -0.1) is 0 Å². The smallest absolute Gasteiger partial charge is 0.253 e. The molecule has 1 unspecified atom stereocenters. The van der Waals surface area contributed by atoms with Gasteiger partial charge in [-0.1, -0.05) is 44.2 Å². The van der Waals surface area contributed by atoms with Crippen LogP contribution in [0.4, 0.5) is 0 Å². The van der Waals surface area contributed by atoms with Gasteiger partial charge in [0, 0.05) is 37.0 Å². The molecule has 0 spiro atoms. The Morgan fingerprint density at radius 1 is 0.776 bits per heavy atom. The van der Waals surface area contributed by atoms with E-state index in [9.17, 15) is 38.4 Å². The van der Waals surface area contributed by atoms with E-state index >= 15 is 0 Å². The summed E-state index contributed by atoms with van der Waals surface area (Å²) in [6.07, 6.45) is 4.36. The fourth-order valence-electron chi connectivity index (χ4n) is 5.49. The molecule has 1 aliphatic carbocycles. The molecule has 49 heavy (non-hydrogen) atoms. The van der Waals surface area contributed by atoms with Gasteiger partial charge in [-0.25, -0.2) is 0 Å². The minimum atomic E-state index is -1.06. The first-order valence-electron chi connectivity index (χ1n) is 16.4. The number of carbonyl (C=O) groups is 8. The fourth-order valence-corrected chi connectivity index (χ4v) is 5.49. The number of carbonyl (C=O) groups excluding carboxylic acids is 8. The van der Waals surface area contributed by atoms with Crippen LogP contribution in [-0.4, -0.2) is 97.1 Å². The number of rotatable bonds is 18. The van der Waals surface area contributed by atoms with Crippen molar-refractivity contribution in [2.45, 2.75) is 65.0 Å². The Morgan fingerprint density at radius 3 is 2.00 bits per heavy atom. The zero-order valence-corrected chi connectivity index (χ0v) is 28.1. The molecule has 2 aliphatic rings. The quantitative estimate of drug-likeness (QED) is 0.0997. The molecule has 0 aromatic heterocycles. The Balaban J connectivity index is 1.38. The van der Waals surface area contributed by atoms with Crippen LogP contribution in [0.5, 0.6) is 0 Å². The largest absolute Gasteiger partial charge is 0.351 e. The van der Waals surface area contributed by atoms with E-state index in [0.29, 0.717) is 32.2 Å². The monoisotopic (exact) mass is 682 g/mol. The highest BCUT2D eigenvalue weighted by atomic mass is 16.5. The van der Waals surface area contributed by atoms with Crippen molar-refractivity contribution < 1.29 is 43.1 Å². The normalized spacial score (nSPS) is 18.4. The van der Waals surface area contributed by atoms with Gasteiger partial charge in [0.25, 0.3) is 11.8 Å². The second-order valence-electron chi connectivity index (χ2n) is 12.5. The average Bonchev–Trinajstić information content (AvgIpc) is 3.40. The maximum atomic E-state index is 13.0. The second kappa shape index (κ2) is 19.2. The molecule has 1 aliphatic heterocycles. The molecule has 0 saturated heterocycles. The number of ether oxygens (including phenoxy) is 1. The van der Waals surface area contributed by atoms with E-state index in [1.807, 2.05) is 0 Å². The van der Waals surface area contributed by atoms with Crippen molar-refractivity contribution >= 4 is 47.1 Å². The Kier molecular flexibility index (Phi) is 15.1. The van der Waals surface area contributed by atoms with Crippen LogP contribution in [0.2, 0.25) is 0 Å². The first kappa shape index (κ1) is 38.5. The van der Waals surface area contributed by atoms with E-state index < -0.39 is 48.9 Å². The number of hydrogen-bond acceptors (Lipinski definition) is 9. The van der Waals surface area contributed by atoms with E-state index in [0.717, 1.165) is 5.56 Å². The third-order valence-corrected chi connectivity index (χ3v) is 8.36. The lowest BCUT2D eigenvalue weighted by atomic mass is 9.81. The minimum Gasteiger partial charge on any atom is -0.351 e. The fraction of sp³-hybridized carbons (Fsp3) is 0.529. The molecule has 1 saturated carbocycles. The van der Waals surface area contributed by atoms with Crippen molar-refractivity contribution in [2.24, 2.45) is 17.8 Å². The molecule has 2 atom stereocenters. The van der Waals surface area contributed by atoms with Crippen molar-refractivity contribution in [2.75, 3.05) is 32.9 Å². The second-order valence-corrected chi connectivity index (χ2v) is 12.5. The van der Waals surface area contributed by atoms with Crippen LogP contribution >= 0.6 is 0 Å². The summed E-state index contributed by atoms with van der Waals surface area (Å²) in [5.41, 5.74) is 0.750. The molecule has 15 heteroatoms. The lowest BCUT2D eigenvalue weighted by Gasteiger charge is -2.29. The Bertz CT molecular complexity index is 1390. The molecule has 0 bridgehead atoms. The molecule has 266 valence electrons. The van der Waals surface area contributed by atoms with Crippen molar-refractivity contribution in [3.63, 3.8) is 0 Å². The summed E-state index contributed by atoms with van der Waals surface area (Å²) in [6, 6.07) is 7.85. The maximum absolute atomic E-state index is 13.0. The molecule has 5 N–H and O–H groups in total. The van der Waals surface area contributed by atoms with E-state index in [1.165, 1.54) is 17.1 Å². The summed E-state index contributed by atoms with van der Waals surface area (Å²) in [6.45, 7) is 3.99. The molecule has 7 amide bonds. The van der Waals surface area contributed by atoms with Gasteiger partial charge in [-0.3, -0.25) is 43.3 Å². The van der Waals surface area contributed by atoms with Gasteiger partial charge < -0.3 is 31.3 Å². The number of ketones is 1. The van der Waals surface area contributed by atoms with Crippen LogP contribution in [0.15, 0.2) is 42.5 Å². The predicted molar refractivity (Wildman–Crippen MR) is 176 cm³/mol. The molecule has 0 radical (unpaired) electrons. The summed E-state index contributed by atoms with van der Waals surface area (Å²) in [7, 11) is 0. The number of hydrogen-bond donors (Lipinski definition) is 5. The van der Waals surface area contributed by atoms with Gasteiger partial charge in [0.1, 0.15) is 18.9 Å². The van der Waals surface area contributed by atoms with Crippen LogP contribution in [-0.2, 0) is 49.5 Å². The topological polar surface area (TPSA) is 209 Å². The lowest BCUT2D eigenvalue weighted by molar-refractivity contribution is -0.138. The Labute approximate surface area is 285 Å². The maximum Gasteiger partial charge on any atom is 0.253 e. The highest BCUT2D eigenvalue weighted by Crippen LogP contribution is 2.30. The van der Waals surface area contributed by atoms with Crippen LogP contribution in [0.25, 0.3) is 0 Å². The molecular weight excluding hydrogens is 636 g/mol. The molecule has 3 rings (SSSR count). The Hall–Kier alpha value is -4.92. The lowest BCUT2D eigenvalue weighted by Crippen LogP contribution is -2.52. The van der Waals surface area contributed by atoms with E-state index in [4.69, 9.17) is 4.74 Å². The highest BCUT2D eigenvalue weighted by Gasteiger charge is 2.31. The number of benzene rings is 1. The summed E-state index contributed by atoms with van der Waals surface area (Å²) >= 11 is 0. The molecule has 1 aromatic carbocycles. The van der Waals surface area contributed by atoms with Crippen molar-refractivity contribution in [1.29, 1.82) is 0 Å². The highest BCUT2D eigenvalue weighted by molar-refractivity contribution is 6.12. The average molecular weight is 683 g/mol. The summed E-state index contributed by atoms with van der Waals surface area (Å²) in [5, 5.41) is 12.5. The summed E-state index contributed by atoms with van der Waals surface area (Å²) in [5.74, 6) is -3.89. The standard InChI is InChI=1S/C34H46N6O9/c1-21(2)32(46)22(3)49-20-38-28(42)17-37-34(48)26(15-23-7-5-4-6-8-23)39-29(43)18-35-27(41)16-36-33(47)25-11-9-24(10-12-25)19-40-30(44)13-14-31(40)45/h4-8,13-14,21-22,24-26H,9-12,15-20H2,1-3H3,(H,35,41)(H,36,47)(H,37,48)(H,38,42)(H,39,43)/t22?,24?,25?,26-/m0/s1. The van der Waals surface area contributed by atoms with Gasteiger partial charge in [0.15, 0.2) is 5.78 Å². The van der Waals surface area contributed by atoms with Gasteiger partial charge in [-0.05, 0) is 44.1 Å². The zero-order chi connectivity index (χ0) is 35.9. The van der Waals surface area contributed by atoms with Gasteiger partial charge in [0.2, 0.25) is 29.5 Å². The molecule has 1 heterocycles. The van der Waals surface area contributed by atoms with Crippen molar-refractivity contribution in [3.05, 3.63) is 48.0 Å². The first-order chi connectivity index (χ1) is 23.3. The van der Waals surface area contributed by atoms with Crippen LogP contribution < -0.4 is 26.6 Å². The molecule has 1 aromatic rings. The minimum absolute atomic E-state index is 0.107. The van der Waals surface area contributed by atoms with Crippen LogP contribution in [0.1, 0.15) is 52.0 Å². The van der Waals surface area contributed by atoms with E-state index in [1.54, 1.807) is 51.1 Å². The SMILES string of the molecule is CC(C)C(=O)C(C)OCNC(=O)CNC(=O)[C@H](Cc1ccccc1)NC(=O)CNC(=O)CNC(=O)C1CCC(CN2C(=O)C=CC2=O)CC1. The number of nitrogens with one attached hydrogen (secondary N) is 5. The number of nitrogens with zero attached hydrogens (tertiary/aromatic N) is 1. The number of Topliss-reactive ketones (excluding diaryl/α,β-unsaturated/α-hetero) is 1. The third kappa shape index (κ3) is 12.9. The van der Waals surface area contributed by atoms with Gasteiger partial charge in [0.05, 0.1) is 19.6 Å².